The molecule has 1 heterocycles. The van der Waals surface area contributed by atoms with Gasteiger partial charge in [0.1, 0.15) is 0 Å². The highest BCUT2D eigenvalue weighted by Gasteiger charge is 2.33. The minimum absolute atomic E-state index is 0. The summed E-state index contributed by atoms with van der Waals surface area (Å²) in [4.78, 5) is 12.1. The van der Waals surface area contributed by atoms with E-state index >= 15 is 0 Å². The number of fused-ring (bicyclic) bond motifs is 1. The number of aliphatic hydroxyl groups excluding tert-OH is 1. The predicted molar refractivity (Wildman–Crippen MR) is 75.3 cm³/mol. The van der Waals surface area contributed by atoms with Gasteiger partial charge in [0, 0.05) is 6.42 Å². The minimum Gasteiger partial charge on any atom is -0.390 e. The highest BCUT2D eigenvalue weighted by molar-refractivity contribution is 5.85. The molecular weight excluding hydrogens is 264 g/mol. The Hall–Kier alpha value is -1.10. The van der Waals surface area contributed by atoms with Gasteiger partial charge in [-0.15, -0.1) is 12.4 Å². The van der Waals surface area contributed by atoms with E-state index in [0.717, 1.165) is 30.5 Å². The van der Waals surface area contributed by atoms with Crippen LogP contribution in [0.15, 0.2) is 24.3 Å². The SMILES string of the molecule is Cl.O=C(N[C@H]1c2ccccc2C[C@H]1O)C1CCCN1. The van der Waals surface area contributed by atoms with E-state index in [-0.39, 0.29) is 30.4 Å². The summed E-state index contributed by atoms with van der Waals surface area (Å²) in [6.07, 6.45) is 2.05. The second-order valence-electron chi connectivity index (χ2n) is 5.11. The molecule has 2 aliphatic rings. The van der Waals surface area contributed by atoms with E-state index in [4.69, 9.17) is 0 Å². The van der Waals surface area contributed by atoms with E-state index in [2.05, 4.69) is 10.6 Å². The average Bonchev–Trinajstić information content (AvgIpc) is 2.98. The van der Waals surface area contributed by atoms with Crippen molar-refractivity contribution < 1.29 is 9.90 Å². The van der Waals surface area contributed by atoms with E-state index in [1.165, 1.54) is 0 Å². The maximum atomic E-state index is 12.1. The lowest BCUT2D eigenvalue weighted by molar-refractivity contribution is -0.124. The van der Waals surface area contributed by atoms with Crippen LogP contribution in [0.2, 0.25) is 0 Å². The zero-order valence-corrected chi connectivity index (χ0v) is 11.5. The quantitative estimate of drug-likeness (QED) is 0.756. The molecule has 0 radical (unpaired) electrons. The van der Waals surface area contributed by atoms with Gasteiger partial charge in [-0.05, 0) is 30.5 Å². The number of carbonyl (C=O) groups is 1. The lowest BCUT2D eigenvalue weighted by atomic mass is 10.1. The maximum absolute atomic E-state index is 12.1. The van der Waals surface area contributed by atoms with Crippen LogP contribution in [-0.4, -0.2) is 29.7 Å². The summed E-state index contributed by atoms with van der Waals surface area (Å²) in [5, 5.41) is 16.2. The van der Waals surface area contributed by atoms with Crippen molar-refractivity contribution in [1.29, 1.82) is 0 Å². The first-order valence-corrected chi connectivity index (χ1v) is 6.55. The van der Waals surface area contributed by atoms with E-state index in [1.54, 1.807) is 0 Å². The molecule has 0 aromatic heterocycles. The molecule has 0 bridgehead atoms. The molecule has 3 rings (SSSR count). The van der Waals surface area contributed by atoms with Crippen molar-refractivity contribution in [2.45, 2.75) is 37.5 Å². The Morgan fingerprint density at radius 1 is 1.37 bits per heavy atom. The molecule has 1 amide bonds. The van der Waals surface area contributed by atoms with E-state index in [9.17, 15) is 9.90 Å². The lowest BCUT2D eigenvalue weighted by Crippen LogP contribution is -2.44. The standard InChI is InChI=1S/C14H18N2O2.ClH/c17-12-8-9-4-1-2-5-10(9)13(12)16-14(18)11-6-3-7-15-11;/h1-2,4-5,11-13,15,17H,3,6-8H2,(H,16,18);1H/t11?,12-,13+;/m1./s1. The number of nitrogens with one attached hydrogen (secondary N) is 2. The maximum Gasteiger partial charge on any atom is 0.237 e. The summed E-state index contributed by atoms with van der Waals surface area (Å²) in [5.74, 6) is 0.00764. The zero-order chi connectivity index (χ0) is 12.5. The number of amides is 1. The fraction of sp³-hybridized carbons (Fsp3) is 0.500. The second kappa shape index (κ2) is 5.90. The van der Waals surface area contributed by atoms with Gasteiger partial charge in [0.15, 0.2) is 0 Å². The van der Waals surface area contributed by atoms with Gasteiger partial charge in [-0.2, -0.15) is 0 Å². The lowest BCUT2D eigenvalue weighted by Gasteiger charge is -2.20. The number of halogens is 1. The number of hydrogen-bond donors (Lipinski definition) is 3. The molecule has 1 aliphatic heterocycles. The third-order valence-electron chi connectivity index (χ3n) is 3.88. The molecule has 5 heteroatoms. The van der Waals surface area contributed by atoms with Crippen molar-refractivity contribution in [2.24, 2.45) is 0 Å². The van der Waals surface area contributed by atoms with Crippen molar-refractivity contribution in [2.75, 3.05) is 6.54 Å². The largest absolute Gasteiger partial charge is 0.390 e. The van der Waals surface area contributed by atoms with Crippen molar-refractivity contribution in [3.8, 4) is 0 Å². The molecule has 3 N–H and O–H groups in total. The molecule has 19 heavy (non-hydrogen) atoms. The predicted octanol–water partition coefficient (Wildman–Crippen LogP) is 0.935. The summed E-state index contributed by atoms with van der Waals surface area (Å²) in [6, 6.07) is 7.57. The van der Waals surface area contributed by atoms with Gasteiger partial charge in [0.05, 0.1) is 18.2 Å². The third kappa shape index (κ3) is 2.76. The monoisotopic (exact) mass is 282 g/mol. The van der Waals surface area contributed by atoms with Gasteiger partial charge in [-0.3, -0.25) is 4.79 Å². The van der Waals surface area contributed by atoms with Gasteiger partial charge >= 0.3 is 0 Å². The van der Waals surface area contributed by atoms with Crippen LogP contribution in [-0.2, 0) is 11.2 Å². The Balaban J connectivity index is 0.00000133. The molecule has 1 aliphatic carbocycles. The van der Waals surface area contributed by atoms with E-state index in [0.29, 0.717) is 6.42 Å². The molecule has 4 nitrogen and oxygen atoms in total. The molecule has 1 fully saturated rings. The number of aliphatic hydroxyl groups is 1. The van der Waals surface area contributed by atoms with Gasteiger partial charge < -0.3 is 15.7 Å². The summed E-state index contributed by atoms with van der Waals surface area (Å²) >= 11 is 0. The van der Waals surface area contributed by atoms with Gasteiger partial charge in [-0.1, -0.05) is 24.3 Å². The molecular formula is C14H19ClN2O2. The first-order chi connectivity index (χ1) is 8.75. The Morgan fingerprint density at radius 3 is 2.89 bits per heavy atom. The first-order valence-electron chi connectivity index (χ1n) is 6.55. The van der Waals surface area contributed by atoms with Crippen molar-refractivity contribution >= 4 is 18.3 Å². The molecule has 1 unspecified atom stereocenters. The Labute approximate surface area is 119 Å². The summed E-state index contributed by atoms with van der Waals surface area (Å²) < 4.78 is 0. The number of hydrogen-bond acceptors (Lipinski definition) is 3. The Kier molecular flexibility index (Phi) is 4.45. The highest BCUT2D eigenvalue weighted by Crippen LogP contribution is 2.31. The smallest absolute Gasteiger partial charge is 0.237 e. The van der Waals surface area contributed by atoms with E-state index in [1.807, 2.05) is 24.3 Å². The van der Waals surface area contributed by atoms with Crippen LogP contribution in [0.5, 0.6) is 0 Å². The van der Waals surface area contributed by atoms with Gasteiger partial charge in [0.2, 0.25) is 5.91 Å². The number of rotatable bonds is 2. The molecule has 1 saturated heterocycles. The molecule has 1 aromatic carbocycles. The van der Waals surface area contributed by atoms with Crippen LogP contribution in [0.25, 0.3) is 0 Å². The fourth-order valence-corrected chi connectivity index (χ4v) is 2.91. The van der Waals surface area contributed by atoms with Crippen molar-refractivity contribution in [1.82, 2.24) is 10.6 Å². The molecule has 104 valence electrons. The zero-order valence-electron chi connectivity index (χ0n) is 10.6. The molecule has 0 spiro atoms. The number of benzene rings is 1. The summed E-state index contributed by atoms with van der Waals surface area (Å²) in [5.41, 5.74) is 2.19. The van der Waals surface area contributed by atoms with Crippen LogP contribution in [0.3, 0.4) is 0 Å². The van der Waals surface area contributed by atoms with Gasteiger partial charge in [0.25, 0.3) is 0 Å². The van der Waals surface area contributed by atoms with Crippen LogP contribution in [0.4, 0.5) is 0 Å². The molecule has 3 atom stereocenters. The highest BCUT2D eigenvalue weighted by atomic mass is 35.5. The van der Waals surface area contributed by atoms with Crippen LogP contribution in [0, 0.1) is 0 Å². The third-order valence-corrected chi connectivity index (χ3v) is 3.88. The topological polar surface area (TPSA) is 61.4 Å². The number of carbonyl (C=O) groups excluding carboxylic acids is 1. The fourth-order valence-electron chi connectivity index (χ4n) is 2.91. The first kappa shape index (κ1) is 14.3. The van der Waals surface area contributed by atoms with Crippen molar-refractivity contribution in [3.05, 3.63) is 35.4 Å². The van der Waals surface area contributed by atoms with Crippen LogP contribution < -0.4 is 10.6 Å². The van der Waals surface area contributed by atoms with Crippen molar-refractivity contribution in [3.63, 3.8) is 0 Å². The van der Waals surface area contributed by atoms with Gasteiger partial charge in [-0.25, -0.2) is 0 Å². The van der Waals surface area contributed by atoms with Crippen LogP contribution >= 0.6 is 12.4 Å². The Bertz CT molecular complexity index is 461. The molecule has 0 saturated carbocycles. The normalized spacial score (nSPS) is 28.6. The Morgan fingerprint density at radius 2 is 2.16 bits per heavy atom. The second-order valence-corrected chi connectivity index (χ2v) is 5.11. The summed E-state index contributed by atoms with van der Waals surface area (Å²) in [6.45, 7) is 0.905. The van der Waals surface area contributed by atoms with E-state index < -0.39 is 6.10 Å². The van der Waals surface area contributed by atoms with Crippen LogP contribution in [0.1, 0.15) is 30.0 Å². The average molecular weight is 283 g/mol. The molecule has 1 aromatic rings. The minimum atomic E-state index is -0.507. The summed E-state index contributed by atoms with van der Waals surface area (Å²) in [7, 11) is 0.